The maximum absolute atomic E-state index is 12.5. The molecule has 1 amide bonds. The third-order valence-electron chi connectivity index (χ3n) is 6.84. The summed E-state index contributed by atoms with van der Waals surface area (Å²) < 4.78 is 8.70. The first-order chi connectivity index (χ1) is 18.4. The van der Waals surface area contributed by atoms with Crippen LogP contribution in [0.1, 0.15) is 54.2 Å². The summed E-state index contributed by atoms with van der Waals surface area (Å²) in [6.07, 6.45) is -0.981. The fraction of sp³-hybridized carbons (Fsp3) is 0.533. The minimum absolute atomic E-state index is 0.232. The summed E-state index contributed by atoms with van der Waals surface area (Å²) in [6.45, 7) is 16.9. The van der Waals surface area contributed by atoms with Crippen molar-refractivity contribution in [3.05, 3.63) is 57.6 Å². The molecular formula is C30H40Cl3N3O4. The van der Waals surface area contributed by atoms with Gasteiger partial charge in [0.1, 0.15) is 11.6 Å². The number of ether oxygens (including phenoxy) is 2. The number of nitrogens with zero attached hydrogens (tertiary/aromatic N) is 2. The normalized spacial score (nSPS) is 16.6. The van der Waals surface area contributed by atoms with Gasteiger partial charge in [0.25, 0.3) is 0 Å². The molecule has 2 atom stereocenters. The smallest absolute Gasteiger partial charge is 0.408 e. The van der Waals surface area contributed by atoms with Gasteiger partial charge in [0.15, 0.2) is 6.17 Å². The van der Waals surface area contributed by atoms with Gasteiger partial charge in [0, 0.05) is 30.9 Å². The first kappa shape index (κ1) is 32.2. The van der Waals surface area contributed by atoms with Gasteiger partial charge in [-0.2, -0.15) is 0 Å². The van der Waals surface area contributed by atoms with Crippen molar-refractivity contribution in [2.24, 2.45) is 0 Å². The number of carbonyl (C=O) groups is 2. The quantitative estimate of drug-likeness (QED) is 0.284. The molecule has 1 saturated heterocycles. The lowest BCUT2D eigenvalue weighted by molar-refractivity contribution is -0.143. The van der Waals surface area contributed by atoms with Crippen molar-refractivity contribution in [1.82, 2.24) is 5.32 Å². The van der Waals surface area contributed by atoms with Crippen LogP contribution in [-0.4, -0.2) is 53.9 Å². The molecular weight excluding hydrogens is 573 g/mol. The number of esters is 1. The average Bonchev–Trinajstić information content (AvgIpc) is 3.20. The molecule has 0 aromatic heterocycles. The van der Waals surface area contributed by atoms with Crippen LogP contribution in [0.5, 0.6) is 0 Å². The Morgan fingerprint density at radius 1 is 0.900 bits per heavy atom. The van der Waals surface area contributed by atoms with E-state index in [1.165, 1.54) is 12.7 Å². The molecule has 0 saturated carbocycles. The molecule has 2 aromatic rings. The van der Waals surface area contributed by atoms with E-state index in [1.54, 1.807) is 20.8 Å². The van der Waals surface area contributed by atoms with Crippen molar-refractivity contribution in [2.45, 2.75) is 83.4 Å². The topological polar surface area (TPSA) is 71.1 Å². The summed E-state index contributed by atoms with van der Waals surface area (Å²) in [6, 6.07) is 7.38. The maximum Gasteiger partial charge on any atom is 0.408 e. The Balaban J connectivity index is 1.95. The number of rotatable bonds is 6. The molecule has 40 heavy (non-hydrogen) atoms. The summed E-state index contributed by atoms with van der Waals surface area (Å²) >= 11 is 20.0. The number of amides is 1. The second kappa shape index (κ2) is 12.3. The third-order valence-corrected chi connectivity index (χ3v) is 7.43. The number of aryl methyl sites for hydroxylation is 5. The number of nitrogens with one attached hydrogen (secondary N) is 1. The van der Waals surface area contributed by atoms with E-state index in [9.17, 15) is 9.59 Å². The minimum atomic E-state index is -1.59. The molecule has 7 nitrogen and oxygen atoms in total. The first-order valence-corrected chi connectivity index (χ1v) is 14.4. The highest BCUT2D eigenvalue weighted by molar-refractivity contribution is 6.68. The Hall–Kier alpha value is -2.35. The zero-order valence-electron chi connectivity index (χ0n) is 24.7. The summed E-state index contributed by atoms with van der Waals surface area (Å²) in [4.78, 5) is 29.2. The fourth-order valence-corrected chi connectivity index (χ4v) is 6.42. The Kier molecular flexibility index (Phi) is 9.86. The van der Waals surface area contributed by atoms with Crippen LogP contribution in [0.2, 0.25) is 0 Å². The molecule has 1 heterocycles. The van der Waals surface area contributed by atoms with Crippen LogP contribution in [0.25, 0.3) is 0 Å². The lowest BCUT2D eigenvalue weighted by Crippen LogP contribution is -2.49. The average molecular weight is 613 g/mol. The van der Waals surface area contributed by atoms with Gasteiger partial charge in [0.2, 0.25) is 3.79 Å². The van der Waals surface area contributed by atoms with Crippen LogP contribution in [-0.2, 0) is 20.7 Å². The number of alkyl carbamates (subject to hydrolysis) is 1. The molecule has 1 fully saturated rings. The van der Waals surface area contributed by atoms with E-state index in [0.29, 0.717) is 13.1 Å². The zero-order chi connectivity index (χ0) is 30.2. The van der Waals surface area contributed by atoms with Gasteiger partial charge in [0.05, 0.1) is 7.11 Å². The first-order valence-electron chi connectivity index (χ1n) is 13.3. The van der Waals surface area contributed by atoms with Crippen molar-refractivity contribution in [2.75, 3.05) is 30.0 Å². The highest BCUT2D eigenvalue weighted by Crippen LogP contribution is 2.45. The Morgan fingerprint density at radius 3 is 1.75 bits per heavy atom. The molecule has 1 unspecified atom stereocenters. The summed E-state index contributed by atoms with van der Waals surface area (Å²) in [5.74, 6) is -0.555. The molecule has 220 valence electrons. The van der Waals surface area contributed by atoms with E-state index < -0.39 is 33.7 Å². The highest BCUT2D eigenvalue weighted by Gasteiger charge is 2.47. The molecule has 0 spiro atoms. The number of anilines is 2. The number of hydrogen-bond donors (Lipinski definition) is 1. The number of methoxy groups -OCH3 is 1. The number of hydrogen-bond acceptors (Lipinski definition) is 6. The van der Waals surface area contributed by atoms with E-state index >= 15 is 0 Å². The largest absolute Gasteiger partial charge is 0.467 e. The van der Waals surface area contributed by atoms with E-state index in [-0.39, 0.29) is 6.42 Å². The fourth-order valence-electron chi connectivity index (χ4n) is 5.71. The Labute approximate surface area is 253 Å². The third kappa shape index (κ3) is 7.48. The zero-order valence-corrected chi connectivity index (χ0v) is 27.0. The van der Waals surface area contributed by atoms with Crippen LogP contribution in [0.4, 0.5) is 16.2 Å². The highest BCUT2D eigenvalue weighted by atomic mass is 35.6. The Bertz CT molecular complexity index is 1220. The second-order valence-electron chi connectivity index (χ2n) is 11.6. The van der Waals surface area contributed by atoms with E-state index in [1.807, 2.05) is 26.0 Å². The standard InChI is InChI=1S/C30H40Cl3N3O4/c1-17-12-18(2)24(19(3)13-17)35-10-11-36(27(35)30(31,32)33)25-20(4)14-22(15-21(25)5)16-23(26(37)39-9)34-28(38)40-29(6,7)8/h12-15,23,27H,10-11,16H2,1-9H3,(H,34,38)/t23-,27?/m0/s1. The van der Waals surface area contributed by atoms with Crippen LogP contribution in [0, 0.1) is 34.6 Å². The van der Waals surface area contributed by atoms with Gasteiger partial charge in [-0.15, -0.1) is 0 Å². The van der Waals surface area contributed by atoms with E-state index in [0.717, 1.165) is 39.2 Å². The summed E-state index contributed by atoms with van der Waals surface area (Å²) in [5, 5.41) is 2.64. The molecule has 10 heteroatoms. The van der Waals surface area contributed by atoms with Gasteiger partial charge >= 0.3 is 12.1 Å². The monoisotopic (exact) mass is 611 g/mol. The predicted molar refractivity (Wildman–Crippen MR) is 164 cm³/mol. The number of benzene rings is 2. The van der Waals surface area contributed by atoms with Crippen molar-refractivity contribution in [3.8, 4) is 0 Å². The van der Waals surface area contributed by atoms with Gasteiger partial charge in [-0.3, -0.25) is 0 Å². The molecule has 2 aromatic carbocycles. The van der Waals surface area contributed by atoms with E-state index in [4.69, 9.17) is 44.3 Å². The van der Waals surface area contributed by atoms with Crippen molar-refractivity contribution in [3.63, 3.8) is 0 Å². The van der Waals surface area contributed by atoms with Gasteiger partial charge in [-0.25, -0.2) is 9.59 Å². The minimum Gasteiger partial charge on any atom is -0.467 e. The van der Waals surface area contributed by atoms with Gasteiger partial charge in [-0.05, 0) is 83.2 Å². The summed E-state index contributed by atoms with van der Waals surface area (Å²) in [5.41, 5.74) is 7.60. The van der Waals surface area contributed by atoms with Gasteiger partial charge in [-0.1, -0.05) is 64.6 Å². The molecule has 0 aliphatic carbocycles. The van der Waals surface area contributed by atoms with Crippen LogP contribution < -0.4 is 15.1 Å². The van der Waals surface area contributed by atoms with Crippen molar-refractivity contribution >= 4 is 58.2 Å². The predicted octanol–water partition coefficient (Wildman–Crippen LogP) is 6.86. The lowest BCUT2D eigenvalue weighted by Gasteiger charge is -2.39. The van der Waals surface area contributed by atoms with Crippen LogP contribution in [0.15, 0.2) is 24.3 Å². The number of carbonyl (C=O) groups excluding carboxylic acids is 2. The van der Waals surface area contributed by atoms with Crippen LogP contribution >= 0.6 is 34.8 Å². The molecule has 1 aliphatic rings. The Morgan fingerprint density at radius 2 is 1.35 bits per heavy atom. The van der Waals surface area contributed by atoms with Crippen molar-refractivity contribution < 1.29 is 19.1 Å². The van der Waals surface area contributed by atoms with Crippen molar-refractivity contribution in [1.29, 1.82) is 0 Å². The SMILES string of the molecule is COC(=O)[C@H](Cc1cc(C)c(N2CCN(c3c(C)cc(C)cc3C)C2C(Cl)(Cl)Cl)c(C)c1)NC(=O)OC(C)(C)C. The van der Waals surface area contributed by atoms with E-state index in [2.05, 4.69) is 48.0 Å². The number of halogens is 3. The number of alkyl halides is 3. The van der Waals surface area contributed by atoms with Crippen LogP contribution in [0.3, 0.4) is 0 Å². The maximum atomic E-state index is 12.5. The summed E-state index contributed by atoms with van der Waals surface area (Å²) in [7, 11) is 1.29. The molecule has 1 aliphatic heterocycles. The molecule has 0 radical (unpaired) electrons. The molecule has 1 N–H and O–H groups in total. The van der Waals surface area contributed by atoms with Gasteiger partial charge < -0.3 is 24.6 Å². The molecule has 0 bridgehead atoms. The second-order valence-corrected chi connectivity index (χ2v) is 13.9. The lowest BCUT2D eigenvalue weighted by atomic mass is 9.98. The molecule has 3 rings (SSSR count).